The quantitative estimate of drug-likeness (QED) is 0.692. The van der Waals surface area contributed by atoms with Crippen LogP contribution in [0.1, 0.15) is 20.4 Å². The summed E-state index contributed by atoms with van der Waals surface area (Å²) >= 11 is -1.29. The van der Waals surface area contributed by atoms with E-state index >= 15 is 0 Å². The van der Waals surface area contributed by atoms with Crippen molar-refractivity contribution in [2.24, 2.45) is 0 Å². The van der Waals surface area contributed by atoms with Gasteiger partial charge in [-0.3, -0.25) is 0 Å². The van der Waals surface area contributed by atoms with Crippen LogP contribution in [-0.2, 0) is 11.2 Å². The molecule has 2 atom stereocenters. The van der Waals surface area contributed by atoms with E-state index in [2.05, 4.69) is 35.7 Å². The molecule has 0 aliphatic carbocycles. The molecule has 1 saturated heterocycles. The number of amides is 2. The van der Waals surface area contributed by atoms with E-state index in [-0.39, 0.29) is 20.1 Å². The number of hydrogen-bond donors (Lipinski definition) is 1. The number of carbonyl (C=O) groups is 2. The predicted octanol–water partition coefficient (Wildman–Crippen LogP) is 2.57. The molecule has 4 bridgehead atoms. The summed E-state index contributed by atoms with van der Waals surface area (Å²) in [6, 6.07) is 12.5. The maximum absolute atomic E-state index is 12.4. The van der Waals surface area contributed by atoms with Crippen LogP contribution in [0.4, 0.5) is 4.79 Å². The van der Waals surface area contributed by atoms with Crippen molar-refractivity contribution in [1.29, 1.82) is 0 Å². The van der Waals surface area contributed by atoms with Crippen LogP contribution in [-0.4, -0.2) is 52.1 Å². The average Bonchev–Trinajstić information content (AvgIpc) is 3.26. The van der Waals surface area contributed by atoms with Crippen LogP contribution >= 0.6 is 11.8 Å². The number of ether oxygens (including phenoxy) is 2. The van der Waals surface area contributed by atoms with Crippen LogP contribution in [0.2, 0.25) is 0 Å². The standard InChI is InChI=1S/C21H18NO4S.In/c1-25-17-11-10-14(12-18(17)26-2)6-5-9-15-7-3-4-8-16(15)13-19-20(23)22-21(24)27-19;/h3-4,8-13,19H,6H2,1-2H3,(H,22,23,24);. The molecular formula is C21H18InNO4S. The summed E-state index contributed by atoms with van der Waals surface area (Å²) in [5.74, 6) is 1.33. The molecule has 1 fully saturated rings. The van der Waals surface area contributed by atoms with Crippen molar-refractivity contribution >= 4 is 53.7 Å². The second kappa shape index (κ2) is 6.88. The third-order valence-corrected chi connectivity index (χ3v) is 18.6. The first kappa shape index (κ1) is 18.2. The van der Waals surface area contributed by atoms with Crippen molar-refractivity contribution in [3.63, 3.8) is 0 Å². The molecule has 2 unspecified atom stereocenters. The van der Waals surface area contributed by atoms with E-state index in [9.17, 15) is 9.59 Å². The van der Waals surface area contributed by atoms with Crippen LogP contribution in [0, 0.1) is 0 Å². The Morgan fingerprint density at radius 1 is 1.11 bits per heavy atom. The van der Waals surface area contributed by atoms with Gasteiger partial charge in [-0.15, -0.1) is 0 Å². The number of rotatable bonds is 5. The van der Waals surface area contributed by atoms with Gasteiger partial charge in [-0.1, -0.05) is 0 Å². The van der Waals surface area contributed by atoms with E-state index in [0.29, 0.717) is 0 Å². The van der Waals surface area contributed by atoms with Crippen molar-refractivity contribution < 1.29 is 19.1 Å². The second-order valence-electron chi connectivity index (χ2n) is 7.25. The van der Waals surface area contributed by atoms with Gasteiger partial charge >= 0.3 is 176 Å². The first-order chi connectivity index (χ1) is 13.6. The third kappa shape index (κ3) is 2.70. The van der Waals surface area contributed by atoms with E-state index in [0.717, 1.165) is 17.9 Å². The van der Waals surface area contributed by atoms with E-state index < -0.39 is 21.4 Å². The Morgan fingerprint density at radius 2 is 1.93 bits per heavy atom. The summed E-state index contributed by atoms with van der Waals surface area (Å²) in [7, 11) is 3.28. The van der Waals surface area contributed by atoms with Gasteiger partial charge < -0.3 is 0 Å². The summed E-state index contributed by atoms with van der Waals surface area (Å²) in [4.78, 5) is 24.2. The number of benzene rings is 2. The van der Waals surface area contributed by atoms with Crippen molar-refractivity contribution in [3.8, 4) is 11.5 Å². The van der Waals surface area contributed by atoms with Crippen molar-refractivity contribution in [2.45, 2.75) is 15.3 Å². The van der Waals surface area contributed by atoms with E-state index in [4.69, 9.17) is 9.47 Å². The first-order valence-electron chi connectivity index (χ1n) is 9.16. The first-order valence-corrected chi connectivity index (χ1v) is 15.2. The predicted molar refractivity (Wildman–Crippen MR) is 111 cm³/mol. The van der Waals surface area contributed by atoms with Crippen molar-refractivity contribution in [1.82, 2.24) is 5.32 Å². The minimum atomic E-state index is -2.46. The van der Waals surface area contributed by atoms with Crippen LogP contribution in [0.15, 0.2) is 39.7 Å². The van der Waals surface area contributed by atoms with E-state index in [1.807, 2.05) is 12.1 Å². The molecule has 28 heavy (non-hydrogen) atoms. The van der Waals surface area contributed by atoms with Gasteiger partial charge in [0.05, 0.1) is 0 Å². The van der Waals surface area contributed by atoms with Gasteiger partial charge in [0.2, 0.25) is 0 Å². The molecule has 0 spiro atoms. The fourth-order valence-electron chi connectivity index (χ4n) is 4.74. The van der Waals surface area contributed by atoms with Gasteiger partial charge in [0.25, 0.3) is 0 Å². The van der Waals surface area contributed by atoms with Crippen molar-refractivity contribution in [2.75, 3.05) is 14.2 Å². The zero-order chi connectivity index (χ0) is 19.4. The van der Waals surface area contributed by atoms with Crippen LogP contribution in [0.3, 0.4) is 0 Å². The Labute approximate surface area is 175 Å². The number of hydrogen-bond acceptors (Lipinski definition) is 5. The summed E-state index contributed by atoms with van der Waals surface area (Å²) < 4.78 is 14.0. The molecule has 3 aliphatic heterocycles. The maximum atomic E-state index is 12.4. The van der Waals surface area contributed by atoms with Gasteiger partial charge in [-0.2, -0.15) is 0 Å². The number of carbonyl (C=O) groups excluding carboxylic acids is 2. The normalized spacial score (nSPS) is 21.8. The average molecular weight is 495 g/mol. The number of thioether (sulfide) groups is 1. The molecule has 2 amide bonds. The second-order valence-corrected chi connectivity index (χ2v) is 17.0. The number of nitrogens with one attached hydrogen (secondary N) is 1. The Balaban J connectivity index is 1.49. The number of methoxy groups -OCH3 is 2. The fraction of sp³-hybridized carbons (Fsp3) is 0.238. The molecule has 140 valence electrons. The molecule has 2 aromatic carbocycles. The van der Waals surface area contributed by atoms with Gasteiger partial charge in [0.15, 0.2) is 0 Å². The fourth-order valence-corrected chi connectivity index (χ4v) is 19.1. The molecule has 2 aromatic rings. The van der Waals surface area contributed by atoms with E-state index in [1.165, 1.54) is 35.1 Å². The van der Waals surface area contributed by atoms with Crippen LogP contribution in [0.5, 0.6) is 11.5 Å². The van der Waals surface area contributed by atoms with Crippen LogP contribution < -0.4 is 18.1 Å². The Kier molecular flexibility index (Phi) is 4.47. The Morgan fingerprint density at radius 3 is 2.61 bits per heavy atom. The van der Waals surface area contributed by atoms with Crippen LogP contribution in [0.25, 0.3) is 6.08 Å². The van der Waals surface area contributed by atoms with Gasteiger partial charge in [0, 0.05) is 0 Å². The number of imide groups is 1. The monoisotopic (exact) mass is 495 g/mol. The summed E-state index contributed by atoms with van der Waals surface area (Å²) in [6.45, 7) is 0. The molecule has 5 rings (SSSR count). The molecule has 1 N–H and O–H groups in total. The summed E-state index contributed by atoms with van der Waals surface area (Å²) in [6.07, 6.45) is 3.20. The van der Waals surface area contributed by atoms with Gasteiger partial charge in [-0.05, 0) is 0 Å². The zero-order valence-corrected chi connectivity index (χ0v) is 19.6. The minimum absolute atomic E-state index is 0.123. The Bertz CT molecular complexity index is 1050. The summed E-state index contributed by atoms with van der Waals surface area (Å²) in [5, 5.41) is 1.99. The van der Waals surface area contributed by atoms with Crippen molar-refractivity contribution in [3.05, 3.63) is 56.4 Å². The number of allylic oxidation sites excluding steroid dienone is 1. The molecule has 7 heteroatoms. The van der Waals surface area contributed by atoms with Gasteiger partial charge in [-0.25, -0.2) is 0 Å². The SMILES string of the molecule is COc1ccc(C[C]2=Cc3c4ccc[c]3[In]2[CH]4C2SC(=O)NC2=O)cc1OC. The van der Waals surface area contributed by atoms with Gasteiger partial charge in [0.1, 0.15) is 0 Å². The third-order valence-electron chi connectivity index (χ3n) is 5.86. The zero-order valence-electron chi connectivity index (χ0n) is 15.5. The molecule has 0 aromatic heterocycles. The Hall–Kier alpha value is -1.86. The molecule has 5 nitrogen and oxygen atoms in total. The molecular weight excluding hydrogens is 477 g/mol. The van der Waals surface area contributed by atoms with E-state index in [1.54, 1.807) is 14.2 Å². The molecule has 0 saturated carbocycles. The molecule has 3 heterocycles. The molecule has 0 radical (unpaired) electrons. The summed E-state index contributed by atoms with van der Waals surface area (Å²) in [5.41, 5.74) is 3.77. The topological polar surface area (TPSA) is 64.6 Å². The molecule has 3 aliphatic rings.